The van der Waals surface area contributed by atoms with E-state index in [2.05, 4.69) is 21.2 Å². The van der Waals surface area contributed by atoms with Crippen LogP contribution in [0.3, 0.4) is 0 Å². The van der Waals surface area contributed by atoms with E-state index in [1.165, 1.54) is 0 Å². The number of nitrogens with zero attached hydrogens (tertiary/aromatic N) is 1. The first-order chi connectivity index (χ1) is 10.0. The van der Waals surface area contributed by atoms with Gasteiger partial charge in [0.15, 0.2) is 0 Å². The van der Waals surface area contributed by atoms with E-state index in [0.29, 0.717) is 5.69 Å². The van der Waals surface area contributed by atoms with Crippen LogP contribution >= 0.6 is 15.9 Å². The highest BCUT2D eigenvalue weighted by Crippen LogP contribution is 2.23. The molecule has 0 saturated heterocycles. The minimum absolute atomic E-state index is 0.0867. The molecule has 0 spiro atoms. The topological polar surface area (TPSA) is 69.6 Å². The first kappa shape index (κ1) is 16.0. The van der Waals surface area contributed by atoms with Crippen molar-refractivity contribution in [2.45, 2.75) is 31.7 Å². The number of anilines is 1. The van der Waals surface area contributed by atoms with E-state index < -0.39 is 5.97 Å². The molecular formula is C15H19BrN2O3. The number of carbonyl (C=O) groups is 2. The van der Waals surface area contributed by atoms with Crippen LogP contribution < -0.4 is 5.32 Å². The lowest BCUT2D eigenvalue weighted by Gasteiger charge is -2.26. The Balaban J connectivity index is 1.95. The highest BCUT2D eigenvalue weighted by molar-refractivity contribution is 9.10. The second-order valence-electron chi connectivity index (χ2n) is 5.30. The summed E-state index contributed by atoms with van der Waals surface area (Å²) in [6, 6.07) is 7.54. The van der Waals surface area contributed by atoms with Gasteiger partial charge in [-0.15, -0.1) is 0 Å². The Morgan fingerprint density at radius 1 is 1.29 bits per heavy atom. The number of rotatable bonds is 6. The summed E-state index contributed by atoms with van der Waals surface area (Å²) >= 11 is 3.35. The Kier molecular flexibility index (Phi) is 5.76. The number of hydrogen-bond donors (Lipinski definition) is 2. The van der Waals surface area contributed by atoms with Crippen molar-refractivity contribution in [1.29, 1.82) is 0 Å². The second kappa shape index (κ2) is 7.56. The average molecular weight is 355 g/mol. The minimum Gasteiger partial charge on any atom is -0.480 e. The molecule has 1 fully saturated rings. The molecule has 1 aromatic carbocycles. The summed E-state index contributed by atoms with van der Waals surface area (Å²) in [7, 11) is 0. The predicted octanol–water partition coefficient (Wildman–Crippen LogP) is 2.72. The van der Waals surface area contributed by atoms with E-state index in [0.717, 1.165) is 30.2 Å². The number of carbonyl (C=O) groups excluding carboxylic acids is 1. The van der Waals surface area contributed by atoms with Gasteiger partial charge in [-0.25, -0.2) is 0 Å². The number of carboxylic acid groups (broad SMARTS) is 1. The van der Waals surface area contributed by atoms with E-state index in [1.54, 1.807) is 11.0 Å². The van der Waals surface area contributed by atoms with Gasteiger partial charge in [-0.1, -0.05) is 34.8 Å². The van der Waals surface area contributed by atoms with Crippen molar-refractivity contribution in [3.63, 3.8) is 0 Å². The normalized spacial score (nSPS) is 15.3. The largest absolute Gasteiger partial charge is 0.480 e. The minimum atomic E-state index is -0.892. The summed E-state index contributed by atoms with van der Waals surface area (Å²) in [6.07, 6.45) is 4.15. The van der Waals surface area contributed by atoms with Crippen molar-refractivity contribution < 1.29 is 14.7 Å². The molecule has 0 unspecified atom stereocenters. The van der Waals surface area contributed by atoms with Crippen LogP contribution in [0.2, 0.25) is 0 Å². The Morgan fingerprint density at radius 2 is 2.00 bits per heavy atom. The number of nitrogens with one attached hydrogen (secondary N) is 1. The first-order valence-corrected chi connectivity index (χ1v) is 7.85. The second-order valence-corrected chi connectivity index (χ2v) is 6.21. The molecule has 1 amide bonds. The monoisotopic (exact) mass is 354 g/mol. The van der Waals surface area contributed by atoms with Gasteiger partial charge in [0, 0.05) is 16.2 Å². The molecule has 0 radical (unpaired) electrons. The maximum absolute atomic E-state index is 12.1. The molecule has 1 aliphatic rings. The van der Waals surface area contributed by atoms with E-state index >= 15 is 0 Å². The quantitative estimate of drug-likeness (QED) is 0.823. The van der Waals surface area contributed by atoms with Crippen LogP contribution in [0.25, 0.3) is 0 Å². The van der Waals surface area contributed by atoms with Crippen molar-refractivity contribution in [3.05, 3.63) is 28.7 Å². The van der Waals surface area contributed by atoms with Crippen molar-refractivity contribution in [2.24, 2.45) is 0 Å². The summed E-state index contributed by atoms with van der Waals surface area (Å²) in [5, 5.41) is 11.8. The van der Waals surface area contributed by atoms with Gasteiger partial charge in [-0.05, 0) is 31.0 Å². The number of benzene rings is 1. The van der Waals surface area contributed by atoms with Crippen LogP contribution in [-0.2, 0) is 9.59 Å². The molecule has 2 rings (SSSR count). The zero-order valence-corrected chi connectivity index (χ0v) is 13.3. The zero-order chi connectivity index (χ0) is 15.2. The average Bonchev–Trinajstić information content (AvgIpc) is 2.91. The third-order valence-electron chi connectivity index (χ3n) is 3.63. The molecule has 6 heteroatoms. The molecule has 1 aliphatic carbocycles. The van der Waals surface area contributed by atoms with Crippen molar-refractivity contribution in [3.8, 4) is 0 Å². The highest BCUT2D eigenvalue weighted by atomic mass is 79.9. The fourth-order valence-corrected chi connectivity index (χ4v) is 3.11. The van der Waals surface area contributed by atoms with Crippen LogP contribution in [0.4, 0.5) is 5.69 Å². The maximum Gasteiger partial charge on any atom is 0.317 e. The lowest BCUT2D eigenvalue weighted by atomic mass is 10.2. The van der Waals surface area contributed by atoms with Crippen LogP contribution in [-0.4, -0.2) is 41.0 Å². The molecule has 5 nitrogen and oxygen atoms in total. The molecule has 0 bridgehead atoms. The molecule has 1 aromatic rings. The Labute approximate surface area is 132 Å². The van der Waals surface area contributed by atoms with Gasteiger partial charge >= 0.3 is 5.97 Å². The summed E-state index contributed by atoms with van der Waals surface area (Å²) < 4.78 is 0.887. The van der Waals surface area contributed by atoms with Gasteiger partial charge in [0.25, 0.3) is 0 Å². The summed E-state index contributed by atoms with van der Waals surface area (Å²) in [4.78, 5) is 24.8. The first-order valence-electron chi connectivity index (χ1n) is 7.06. The summed E-state index contributed by atoms with van der Waals surface area (Å²) in [5.74, 6) is -1.07. The van der Waals surface area contributed by atoms with Crippen LogP contribution in [0.1, 0.15) is 25.7 Å². The predicted molar refractivity (Wildman–Crippen MR) is 84.2 cm³/mol. The summed E-state index contributed by atoms with van der Waals surface area (Å²) in [5.41, 5.74) is 0.705. The smallest absolute Gasteiger partial charge is 0.317 e. The molecule has 0 heterocycles. The maximum atomic E-state index is 12.1. The highest BCUT2D eigenvalue weighted by Gasteiger charge is 2.26. The Hall–Kier alpha value is -1.40. The van der Waals surface area contributed by atoms with Crippen LogP contribution in [0.15, 0.2) is 28.7 Å². The molecular weight excluding hydrogens is 336 g/mol. The number of hydrogen-bond acceptors (Lipinski definition) is 3. The molecule has 0 aliphatic heterocycles. The lowest BCUT2D eigenvalue weighted by molar-refractivity contribution is -0.139. The molecule has 2 N–H and O–H groups in total. The SMILES string of the molecule is O=C(O)CN(CC(=O)Nc1cccc(Br)c1)C1CCCC1. The number of amides is 1. The van der Waals surface area contributed by atoms with Gasteiger partial charge in [0.1, 0.15) is 0 Å². The van der Waals surface area contributed by atoms with Gasteiger partial charge in [0.2, 0.25) is 5.91 Å². The number of aliphatic carboxylic acids is 1. The molecule has 21 heavy (non-hydrogen) atoms. The Morgan fingerprint density at radius 3 is 2.62 bits per heavy atom. The van der Waals surface area contributed by atoms with Crippen molar-refractivity contribution in [1.82, 2.24) is 4.90 Å². The van der Waals surface area contributed by atoms with Gasteiger partial charge in [0.05, 0.1) is 13.1 Å². The molecule has 0 aromatic heterocycles. The number of carboxylic acids is 1. The van der Waals surface area contributed by atoms with Crippen molar-refractivity contribution in [2.75, 3.05) is 18.4 Å². The van der Waals surface area contributed by atoms with Gasteiger partial charge in [-0.3, -0.25) is 14.5 Å². The molecule has 1 saturated carbocycles. The van der Waals surface area contributed by atoms with E-state index in [4.69, 9.17) is 5.11 Å². The van der Waals surface area contributed by atoms with E-state index in [9.17, 15) is 9.59 Å². The third kappa shape index (κ3) is 5.13. The fraction of sp³-hybridized carbons (Fsp3) is 0.467. The van der Waals surface area contributed by atoms with E-state index in [-0.39, 0.29) is 25.0 Å². The third-order valence-corrected chi connectivity index (χ3v) is 4.13. The van der Waals surface area contributed by atoms with Crippen molar-refractivity contribution >= 4 is 33.5 Å². The summed E-state index contributed by atoms with van der Waals surface area (Å²) in [6.45, 7) is 0.0278. The molecule has 0 atom stereocenters. The van der Waals surface area contributed by atoms with E-state index in [1.807, 2.05) is 18.2 Å². The van der Waals surface area contributed by atoms with Crippen LogP contribution in [0, 0.1) is 0 Å². The standard InChI is InChI=1S/C15H19BrN2O3/c16-11-4-3-5-12(8-11)17-14(19)9-18(10-15(20)21)13-6-1-2-7-13/h3-5,8,13H,1-2,6-7,9-10H2,(H,17,19)(H,20,21). The number of halogens is 1. The molecule has 114 valence electrons. The fourth-order valence-electron chi connectivity index (χ4n) is 2.71. The Bertz CT molecular complexity index is 515. The van der Waals surface area contributed by atoms with Crippen LogP contribution in [0.5, 0.6) is 0 Å². The lowest BCUT2D eigenvalue weighted by Crippen LogP contribution is -2.42. The van der Waals surface area contributed by atoms with Gasteiger partial charge in [-0.2, -0.15) is 0 Å². The van der Waals surface area contributed by atoms with Gasteiger partial charge < -0.3 is 10.4 Å². The zero-order valence-electron chi connectivity index (χ0n) is 11.7.